The van der Waals surface area contributed by atoms with E-state index >= 15 is 0 Å². The Balaban J connectivity index is 1.87. The van der Waals surface area contributed by atoms with E-state index in [-0.39, 0.29) is 44.9 Å². The number of rotatable bonds is 1. The molecule has 0 aromatic heterocycles. The molecule has 144 valence electrons. The van der Waals surface area contributed by atoms with E-state index in [0.29, 0.717) is 11.1 Å². The number of epoxide rings is 1. The second-order valence-corrected chi connectivity index (χ2v) is 7.44. The Kier molecular flexibility index (Phi) is 3.31. The van der Waals surface area contributed by atoms with Crippen LogP contribution in [0.3, 0.4) is 0 Å². The third kappa shape index (κ3) is 2.16. The summed E-state index contributed by atoms with van der Waals surface area (Å²) >= 11 is 0. The van der Waals surface area contributed by atoms with Crippen molar-refractivity contribution in [1.82, 2.24) is 0 Å². The number of aromatic hydroxyl groups is 2. The van der Waals surface area contributed by atoms with E-state index < -0.39 is 35.3 Å². The van der Waals surface area contributed by atoms with Crippen LogP contribution >= 0.6 is 0 Å². The van der Waals surface area contributed by atoms with Gasteiger partial charge in [0.1, 0.15) is 11.5 Å². The van der Waals surface area contributed by atoms with E-state index in [1.165, 1.54) is 12.1 Å². The summed E-state index contributed by atoms with van der Waals surface area (Å²) in [6.07, 6.45) is 0.495. The zero-order valence-corrected chi connectivity index (χ0v) is 15.4. The Bertz CT molecular complexity index is 1250. The first kappa shape index (κ1) is 17.5. The van der Waals surface area contributed by atoms with E-state index in [2.05, 4.69) is 0 Å². The van der Waals surface area contributed by atoms with Crippen molar-refractivity contribution in [3.8, 4) is 22.6 Å². The first-order chi connectivity index (χ1) is 13.7. The molecule has 0 bridgehead atoms. The van der Waals surface area contributed by atoms with Gasteiger partial charge in [0.25, 0.3) is 0 Å². The molecule has 7 nitrogen and oxygen atoms in total. The van der Waals surface area contributed by atoms with Crippen LogP contribution in [0.2, 0.25) is 0 Å². The molecule has 5 rings (SSSR count). The van der Waals surface area contributed by atoms with Crippen LogP contribution in [0.25, 0.3) is 11.1 Å². The number of carbonyl (C=O) groups is 4. The number of benzene rings is 2. The summed E-state index contributed by atoms with van der Waals surface area (Å²) in [5, 5.41) is 21.3. The molecule has 0 amide bonds. The van der Waals surface area contributed by atoms with Gasteiger partial charge in [0.2, 0.25) is 0 Å². The number of phenolic OH excluding ortho intramolecular Hbond substituents is 2. The highest BCUT2D eigenvalue weighted by Gasteiger charge is 2.56. The summed E-state index contributed by atoms with van der Waals surface area (Å²) in [6.45, 7) is 3.26. The Labute approximate surface area is 164 Å². The number of ether oxygens (including phenoxy) is 1. The highest BCUT2D eigenvalue weighted by Crippen LogP contribution is 2.48. The lowest BCUT2D eigenvalue weighted by Gasteiger charge is -2.23. The van der Waals surface area contributed by atoms with Crippen LogP contribution in [-0.4, -0.2) is 45.6 Å². The predicted octanol–water partition coefficient (Wildman–Crippen LogP) is 2.46. The van der Waals surface area contributed by atoms with Crippen molar-refractivity contribution in [1.29, 1.82) is 0 Å². The highest BCUT2D eigenvalue weighted by atomic mass is 16.6. The lowest BCUT2D eigenvalue weighted by molar-refractivity contribution is 0.0919. The van der Waals surface area contributed by atoms with Gasteiger partial charge in [-0.25, -0.2) is 0 Å². The number of hydrogen-bond acceptors (Lipinski definition) is 7. The molecule has 1 fully saturated rings. The summed E-state index contributed by atoms with van der Waals surface area (Å²) in [6, 6.07) is 2.83. The van der Waals surface area contributed by atoms with Crippen LogP contribution < -0.4 is 0 Å². The van der Waals surface area contributed by atoms with Crippen molar-refractivity contribution in [3.63, 3.8) is 0 Å². The predicted molar refractivity (Wildman–Crippen MR) is 99.8 cm³/mol. The highest BCUT2D eigenvalue weighted by molar-refractivity contribution is 6.27. The lowest BCUT2D eigenvalue weighted by Crippen LogP contribution is -2.26. The molecule has 0 unspecified atom stereocenters. The number of carbonyl (C=O) groups excluding carboxylic acids is 4. The molecule has 7 heteroatoms. The van der Waals surface area contributed by atoms with Gasteiger partial charge in [0.05, 0.1) is 11.1 Å². The van der Waals surface area contributed by atoms with E-state index in [9.17, 15) is 29.4 Å². The maximum atomic E-state index is 12.7. The monoisotopic (exact) mass is 390 g/mol. The Morgan fingerprint density at radius 2 is 1.31 bits per heavy atom. The number of allylic oxidation sites excluding steroid dienone is 2. The van der Waals surface area contributed by atoms with E-state index in [0.717, 1.165) is 12.2 Å². The van der Waals surface area contributed by atoms with E-state index in [4.69, 9.17) is 4.74 Å². The molecule has 2 atom stereocenters. The average Bonchev–Trinajstić information content (AvgIpc) is 3.45. The second-order valence-electron chi connectivity index (χ2n) is 7.44. The number of fused-ring (bicyclic) bond motifs is 3. The van der Waals surface area contributed by atoms with Crippen molar-refractivity contribution in [2.75, 3.05) is 0 Å². The topological polar surface area (TPSA) is 121 Å². The van der Waals surface area contributed by atoms with Crippen LogP contribution in [0, 0.1) is 13.8 Å². The minimum atomic E-state index is -0.891. The molecule has 2 aliphatic carbocycles. The van der Waals surface area contributed by atoms with Crippen molar-refractivity contribution in [2.24, 2.45) is 0 Å². The van der Waals surface area contributed by atoms with Gasteiger partial charge in [-0.15, -0.1) is 0 Å². The third-order valence-corrected chi connectivity index (χ3v) is 5.65. The summed E-state index contributed by atoms with van der Waals surface area (Å²) in [7, 11) is 0. The Morgan fingerprint density at radius 3 is 2.00 bits per heavy atom. The van der Waals surface area contributed by atoms with Gasteiger partial charge >= 0.3 is 0 Å². The van der Waals surface area contributed by atoms with Crippen molar-refractivity contribution in [2.45, 2.75) is 26.1 Å². The number of Topliss-reactive ketones (excluding diaryl/α,β-unsaturated/α-hetero) is 2. The van der Waals surface area contributed by atoms with Gasteiger partial charge in [-0.05, 0) is 49.3 Å². The van der Waals surface area contributed by atoms with Gasteiger partial charge in [-0.3, -0.25) is 19.2 Å². The summed E-state index contributed by atoms with van der Waals surface area (Å²) in [5.74, 6) is -2.66. The molecule has 0 spiro atoms. The van der Waals surface area contributed by atoms with Gasteiger partial charge in [-0.2, -0.15) is 0 Å². The molecule has 29 heavy (non-hydrogen) atoms. The van der Waals surface area contributed by atoms with E-state index in [1.54, 1.807) is 13.8 Å². The largest absolute Gasteiger partial charge is 0.507 e. The van der Waals surface area contributed by atoms with Crippen molar-refractivity contribution in [3.05, 3.63) is 57.7 Å². The van der Waals surface area contributed by atoms with E-state index in [1.807, 2.05) is 0 Å². The lowest BCUT2D eigenvalue weighted by atomic mass is 9.79. The van der Waals surface area contributed by atoms with Crippen LogP contribution in [0.1, 0.15) is 52.6 Å². The molecule has 0 saturated carbocycles. The number of aryl methyl sites for hydroxylation is 2. The maximum absolute atomic E-state index is 12.7. The molecule has 2 aromatic rings. The molecule has 3 aliphatic rings. The standard InChI is InChI=1S/C22H14O7/c1-7-5-9-15(20(28)22-21(29-22)18(9)26)19(27)14(7)13-8(2)6-12(25)16-10(23)3-4-11(24)17(13)16/h3-6,21-22,25,27H,1-2H3/t21-,22+/m1/s1. The average molecular weight is 390 g/mol. The Hall–Kier alpha value is -3.58. The minimum absolute atomic E-state index is 0.0384. The molecule has 2 N–H and O–H groups in total. The SMILES string of the molecule is Cc1cc2c(c(O)c1-c1c(C)cc(O)c3c1C(=O)C=CC3=O)C(=O)[C@@H]1O[C@@H]1C2=O. The van der Waals surface area contributed by atoms with Crippen LogP contribution in [0.15, 0.2) is 24.3 Å². The van der Waals surface area contributed by atoms with Crippen LogP contribution in [0.4, 0.5) is 0 Å². The fourth-order valence-corrected chi connectivity index (χ4v) is 4.30. The minimum Gasteiger partial charge on any atom is -0.507 e. The fraction of sp³-hybridized carbons (Fsp3) is 0.182. The Morgan fingerprint density at radius 1 is 0.724 bits per heavy atom. The van der Waals surface area contributed by atoms with Crippen LogP contribution in [0.5, 0.6) is 11.5 Å². The van der Waals surface area contributed by atoms with Gasteiger partial charge in [-0.1, -0.05) is 0 Å². The summed E-state index contributed by atoms with van der Waals surface area (Å²) < 4.78 is 5.14. The molecule has 0 radical (unpaired) electrons. The number of ketones is 4. The zero-order chi connectivity index (χ0) is 20.8. The summed E-state index contributed by atoms with van der Waals surface area (Å²) in [4.78, 5) is 50.1. The normalized spacial score (nSPS) is 21.7. The molecule has 1 heterocycles. The van der Waals surface area contributed by atoms with Crippen molar-refractivity contribution >= 4 is 23.1 Å². The molecular weight excluding hydrogens is 376 g/mol. The van der Waals surface area contributed by atoms with Gasteiger partial charge in [0, 0.05) is 22.3 Å². The van der Waals surface area contributed by atoms with Gasteiger partial charge < -0.3 is 14.9 Å². The first-order valence-electron chi connectivity index (χ1n) is 8.96. The van der Waals surface area contributed by atoms with Gasteiger partial charge in [0.15, 0.2) is 35.3 Å². The zero-order valence-electron chi connectivity index (χ0n) is 15.4. The quantitative estimate of drug-likeness (QED) is 0.718. The number of phenols is 2. The molecule has 1 aliphatic heterocycles. The summed E-state index contributed by atoms with van der Waals surface area (Å²) in [5.41, 5.74) is 1.07. The number of hydrogen-bond donors (Lipinski definition) is 2. The third-order valence-electron chi connectivity index (χ3n) is 5.65. The van der Waals surface area contributed by atoms with Crippen molar-refractivity contribution < 1.29 is 34.1 Å². The smallest absolute Gasteiger partial charge is 0.199 e. The molecule has 1 saturated heterocycles. The first-order valence-corrected chi connectivity index (χ1v) is 8.96. The fourth-order valence-electron chi connectivity index (χ4n) is 4.30. The molecule has 2 aromatic carbocycles. The second kappa shape index (κ2) is 5.48. The molecular formula is C22H14O7. The maximum Gasteiger partial charge on any atom is 0.199 e. The van der Waals surface area contributed by atoms with Crippen LogP contribution in [-0.2, 0) is 4.74 Å².